The molecule has 1 N–H and O–H groups in total. The maximum atomic E-state index is 8.17. The number of aryl methyl sites for hydroxylation is 3. The molecule has 0 heterocycles. The lowest BCUT2D eigenvalue weighted by molar-refractivity contribution is 0.236. The molecule has 0 saturated heterocycles. The maximum Gasteiger partial charge on any atom is 0.414 e. The molecule has 156 valence electrons. The van der Waals surface area contributed by atoms with E-state index in [1.165, 1.54) is 11.1 Å². The summed E-state index contributed by atoms with van der Waals surface area (Å²) in [5, 5.41) is 8.45. The van der Waals surface area contributed by atoms with Crippen molar-refractivity contribution in [2.24, 2.45) is 4.99 Å². The molecule has 0 spiro atoms. The van der Waals surface area contributed by atoms with Gasteiger partial charge in [-0.05, 0) is 70.3 Å². The zero-order valence-electron chi connectivity index (χ0n) is 18.5. The van der Waals surface area contributed by atoms with E-state index in [9.17, 15) is 0 Å². The number of hydrogen-bond acceptors (Lipinski definition) is 3. The molecule has 0 amide bonds. The minimum atomic E-state index is 0.161. The monoisotopic (exact) mass is 412 g/mol. The predicted octanol–water partition coefficient (Wildman–Crippen LogP) is 4.66. The first kappa shape index (κ1) is 23.2. The number of nitrogens with zero attached hydrogens (tertiary/aromatic N) is 2. The third-order valence-corrected chi connectivity index (χ3v) is 5.40. The van der Waals surface area contributed by atoms with Crippen molar-refractivity contribution in [3.8, 4) is 5.75 Å². The topological polar surface area (TPSA) is 48.7 Å². The van der Waals surface area contributed by atoms with Gasteiger partial charge in [0.15, 0.2) is 5.84 Å². The van der Waals surface area contributed by atoms with Gasteiger partial charge in [0.25, 0.3) is 0 Å². The first-order valence-corrected chi connectivity index (χ1v) is 10.7. The van der Waals surface area contributed by atoms with Crippen molar-refractivity contribution in [1.29, 1.82) is 5.41 Å². The quantitative estimate of drug-likeness (QED) is 0.409. The molecule has 0 radical (unpaired) electrons. The first-order valence-electron chi connectivity index (χ1n) is 10.2. The predicted molar refractivity (Wildman–Crippen MR) is 128 cm³/mol. The number of aliphatic imine (C=N–C) groups is 1. The number of amidine groups is 1. The summed E-state index contributed by atoms with van der Waals surface area (Å²) >= 11 is 3.42. The smallest absolute Gasteiger partial charge is 0.402 e. The number of benzene rings is 2. The van der Waals surface area contributed by atoms with Crippen molar-refractivity contribution in [2.75, 3.05) is 13.1 Å². The molecule has 2 aromatic carbocycles. The largest absolute Gasteiger partial charge is 0.414 e. The maximum absolute atomic E-state index is 8.17. The highest BCUT2D eigenvalue weighted by Crippen LogP contribution is 2.24. The van der Waals surface area contributed by atoms with Crippen molar-refractivity contribution in [3.05, 3.63) is 64.2 Å². The number of nitrogens with one attached hydrogen (secondary N) is 1. The van der Waals surface area contributed by atoms with Gasteiger partial charge < -0.3 is 9.64 Å². The van der Waals surface area contributed by atoms with Gasteiger partial charge in [-0.1, -0.05) is 42.8 Å². The molecule has 5 heteroatoms. The molecular formula is C24H34N3OS+. The number of likely N-dealkylation sites (N-methyl/N-ethyl adjacent to an activating group) is 1. The number of rotatable bonds is 7. The Balaban J connectivity index is 2.09. The Bertz CT molecular complexity index is 872. The minimum absolute atomic E-state index is 0.161. The molecular weight excluding hydrogens is 378 g/mol. The Kier molecular flexibility index (Phi) is 8.47. The van der Waals surface area contributed by atoms with E-state index in [2.05, 4.69) is 62.3 Å². The van der Waals surface area contributed by atoms with Crippen molar-refractivity contribution >= 4 is 23.7 Å². The van der Waals surface area contributed by atoms with E-state index in [0.717, 1.165) is 42.0 Å². The van der Waals surface area contributed by atoms with Crippen LogP contribution in [0.4, 0.5) is 0 Å². The zero-order valence-corrected chi connectivity index (χ0v) is 19.5. The highest BCUT2D eigenvalue weighted by molar-refractivity contribution is 7.77. The Morgan fingerprint density at radius 1 is 1.10 bits per heavy atom. The fourth-order valence-electron chi connectivity index (χ4n) is 3.28. The molecule has 2 rings (SSSR count). The Morgan fingerprint density at radius 2 is 1.76 bits per heavy atom. The lowest BCUT2D eigenvalue weighted by Gasteiger charge is -2.25. The standard InChI is InChI=1S/C24H33N3OS/c1-7-27(16(2)3)13-12-21-14-19(6)22(15-18(21)5)28-24(29)26-23(25)20-10-8-17(4)9-11-20/h8-11,14-16H,7,12-13H2,1-6H3,(H2,25,26,29)/p+1. The van der Waals surface area contributed by atoms with E-state index < -0.39 is 0 Å². The second-order valence-electron chi connectivity index (χ2n) is 7.75. The highest BCUT2D eigenvalue weighted by atomic mass is 32.1. The summed E-state index contributed by atoms with van der Waals surface area (Å²) in [5.41, 5.74) is 5.52. The van der Waals surface area contributed by atoms with Crippen LogP contribution in [-0.2, 0) is 19.0 Å². The summed E-state index contributed by atoms with van der Waals surface area (Å²) in [6, 6.07) is 12.5. The van der Waals surface area contributed by atoms with E-state index in [1.54, 1.807) is 0 Å². The molecule has 0 aromatic heterocycles. The average Bonchev–Trinajstić information content (AvgIpc) is 2.66. The summed E-state index contributed by atoms with van der Waals surface area (Å²) in [6.07, 6.45) is 1.02. The summed E-state index contributed by atoms with van der Waals surface area (Å²) in [4.78, 5) is 6.71. The van der Waals surface area contributed by atoms with E-state index >= 15 is 0 Å². The van der Waals surface area contributed by atoms with E-state index in [1.807, 2.05) is 38.1 Å². The second-order valence-corrected chi connectivity index (χ2v) is 8.18. The van der Waals surface area contributed by atoms with Crippen molar-refractivity contribution < 1.29 is 4.74 Å². The van der Waals surface area contributed by atoms with E-state index in [-0.39, 0.29) is 11.1 Å². The Morgan fingerprint density at radius 3 is 2.34 bits per heavy atom. The Hall–Kier alpha value is -2.11. The van der Waals surface area contributed by atoms with Crippen LogP contribution in [0.15, 0.2) is 41.4 Å². The van der Waals surface area contributed by atoms with E-state index in [0.29, 0.717) is 6.04 Å². The molecule has 0 aliphatic carbocycles. The molecule has 0 fully saturated rings. The van der Waals surface area contributed by atoms with Gasteiger partial charge in [0.2, 0.25) is 0 Å². The van der Waals surface area contributed by atoms with Gasteiger partial charge >= 0.3 is 5.23 Å². The minimum Gasteiger partial charge on any atom is -0.402 e. The summed E-state index contributed by atoms with van der Waals surface area (Å²) in [7, 11) is 0. The summed E-state index contributed by atoms with van der Waals surface area (Å²) in [6.45, 7) is 15.0. The van der Waals surface area contributed by atoms with Gasteiger partial charge in [-0.15, -0.1) is 4.99 Å². The van der Waals surface area contributed by atoms with Crippen LogP contribution in [0.2, 0.25) is 0 Å². The van der Waals surface area contributed by atoms with Gasteiger partial charge in [-0.3, -0.25) is 5.41 Å². The lowest BCUT2D eigenvalue weighted by Crippen LogP contribution is -2.32. The molecule has 0 aliphatic rings. The van der Waals surface area contributed by atoms with Crippen LogP contribution in [0.5, 0.6) is 5.75 Å². The van der Waals surface area contributed by atoms with Crippen LogP contribution < -0.4 is 4.74 Å². The molecule has 0 unspecified atom stereocenters. The Labute approximate surface area is 180 Å². The number of ether oxygens (including phenoxy) is 1. The molecule has 4 nitrogen and oxygen atoms in total. The summed E-state index contributed by atoms with van der Waals surface area (Å²) < 4.78 is 5.89. The van der Waals surface area contributed by atoms with Crippen LogP contribution in [-0.4, -0.2) is 35.1 Å². The van der Waals surface area contributed by atoms with Crippen LogP contribution in [0, 0.1) is 26.2 Å². The van der Waals surface area contributed by atoms with Gasteiger partial charge in [-0.25, -0.2) is 0 Å². The molecule has 29 heavy (non-hydrogen) atoms. The van der Waals surface area contributed by atoms with Crippen molar-refractivity contribution in [2.45, 2.75) is 54.0 Å². The third-order valence-electron chi connectivity index (χ3n) is 5.18. The average molecular weight is 413 g/mol. The van der Waals surface area contributed by atoms with Crippen molar-refractivity contribution in [3.63, 3.8) is 0 Å². The van der Waals surface area contributed by atoms with Crippen LogP contribution in [0.3, 0.4) is 0 Å². The molecule has 2 aromatic rings. The van der Waals surface area contributed by atoms with Crippen LogP contribution in [0.1, 0.15) is 48.6 Å². The van der Waals surface area contributed by atoms with Crippen molar-refractivity contribution in [1.82, 2.24) is 4.90 Å². The third kappa shape index (κ3) is 6.72. The van der Waals surface area contributed by atoms with Gasteiger partial charge in [-0.2, -0.15) is 0 Å². The van der Waals surface area contributed by atoms with Crippen LogP contribution in [0.25, 0.3) is 0 Å². The molecule has 0 saturated carbocycles. The fraction of sp³-hybridized carbons (Fsp3) is 0.417. The van der Waals surface area contributed by atoms with Gasteiger partial charge in [0.05, 0.1) is 12.6 Å². The zero-order chi connectivity index (χ0) is 21.6. The van der Waals surface area contributed by atoms with Crippen LogP contribution >= 0.6 is 0 Å². The summed E-state index contributed by atoms with van der Waals surface area (Å²) in [5.74, 6) is 0.919. The number of hydrogen-bond donors (Lipinski definition) is 1. The van der Waals surface area contributed by atoms with E-state index in [4.69, 9.17) is 10.1 Å². The molecule has 0 aliphatic heterocycles. The fourth-order valence-corrected chi connectivity index (χ4v) is 3.50. The second kappa shape index (κ2) is 10.6. The van der Waals surface area contributed by atoms with Gasteiger partial charge in [0.1, 0.15) is 5.75 Å². The molecule has 0 atom stereocenters. The SMILES string of the molecule is CCN(CCc1cc(C)c(OC([SH2+])=NC(=N)c2ccc(C)cc2)cc1C)C(C)C. The van der Waals surface area contributed by atoms with Gasteiger partial charge in [0, 0.05) is 18.2 Å². The molecule has 0 bridgehead atoms. The first-order chi connectivity index (χ1) is 13.7. The normalized spacial score (nSPS) is 12.0. The lowest BCUT2D eigenvalue weighted by atomic mass is 10.0. The highest BCUT2D eigenvalue weighted by Gasteiger charge is 2.13.